The highest BCUT2D eigenvalue weighted by Crippen LogP contribution is 2.19. The largest absolute Gasteiger partial charge is 0.462 e. The minimum absolute atomic E-state index is 0.0465. The van der Waals surface area contributed by atoms with E-state index in [-0.39, 0.29) is 24.5 Å². The Bertz CT molecular complexity index is 1050. The van der Waals surface area contributed by atoms with Crippen molar-refractivity contribution in [3.63, 3.8) is 0 Å². The van der Waals surface area contributed by atoms with Gasteiger partial charge in [0.2, 0.25) is 0 Å². The van der Waals surface area contributed by atoms with Gasteiger partial charge in [-0.2, -0.15) is 8.42 Å². The fraction of sp³-hybridized carbons (Fsp3) is 0.391. The highest BCUT2D eigenvalue weighted by molar-refractivity contribution is 7.86. The number of carbonyl (C=O) groups excluding carboxylic acids is 2. The summed E-state index contributed by atoms with van der Waals surface area (Å²) in [4.78, 5) is 26.5. The molecule has 2 aromatic rings. The first kappa shape index (κ1) is 24.5. The van der Waals surface area contributed by atoms with Gasteiger partial charge >= 0.3 is 22.1 Å². The summed E-state index contributed by atoms with van der Waals surface area (Å²) in [5.74, 6) is -0.211. The Morgan fingerprint density at radius 1 is 1.12 bits per heavy atom. The SMILES string of the molecule is CCOC(=O)c1ccc(NC(=O)N(Cc2ccc(OS(C)(=O)=O)cc2)CC2CCCO2)cc1. The minimum Gasteiger partial charge on any atom is -0.462 e. The van der Waals surface area contributed by atoms with E-state index in [1.54, 1.807) is 60.4 Å². The molecule has 1 fully saturated rings. The quantitative estimate of drug-likeness (QED) is 0.436. The maximum Gasteiger partial charge on any atom is 0.338 e. The molecule has 10 heteroatoms. The average molecular weight is 477 g/mol. The van der Waals surface area contributed by atoms with Crippen molar-refractivity contribution in [1.29, 1.82) is 0 Å². The van der Waals surface area contributed by atoms with Gasteiger partial charge in [0, 0.05) is 25.4 Å². The lowest BCUT2D eigenvalue weighted by atomic mass is 10.2. The van der Waals surface area contributed by atoms with Gasteiger partial charge in [-0.1, -0.05) is 12.1 Å². The molecule has 0 bridgehead atoms. The van der Waals surface area contributed by atoms with Crippen LogP contribution in [0.3, 0.4) is 0 Å². The fourth-order valence-electron chi connectivity index (χ4n) is 3.41. The Kier molecular flexibility index (Phi) is 8.29. The van der Waals surface area contributed by atoms with Crippen LogP contribution in [0.15, 0.2) is 48.5 Å². The van der Waals surface area contributed by atoms with Crippen LogP contribution in [0.5, 0.6) is 5.75 Å². The van der Waals surface area contributed by atoms with Crippen LogP contribution in [0.1, 0.15) is 35.7 Å². The zero-order chi connectivity index (χ0) is 23.8. The minimum atomic E-state index is -3.61. The Labute approximate surface area is 193 Å². The molecule has 1 aliphatic heterocycles. The lowest BCUT2D eigenvalue weighted by Crippen LogP contribution is -2.39. The van der Waals surface area contributed by atoms with Crippen LogP contribution in [0.2, 0.25) is 0 Å². The van der Waals surface area contributed by atoms with Crippen molar-refractivity contribution in [2.45, 2.75) is 32.4 Å². The summed E-state index contributed by atoms with van der Waals surface area (Å²) in [6, 6.07) is 12.7. The second-order valence-electron chi connectivity index (χ2n) is 7.67. The van der Waals surface area contributed by atoms with E-state index >= 15 is 0 Å². The molecule has 0 saturated carbocycles. The van der Waals surface area contributed by atoms with E-state index < -0.39 is 16.1 Å². The van der Waals surface area contributed by atoms with Gasteiger partial charge in [0.05, 0.1) is 24.5 Å². The van der Waals surface area contributed by atoms with E-state index in [1.807, 2.05) is 0 Å². The molecular weight excluding hydrogens is 448 g/mol. The lowest BCUT2D eigenvalue weighted by Gasteiger charge is -2.26. The summed E-state index contributed by atoms with van der Waals surface area (Å²) in [6.45, 7) is 3.41. The van der Waals surface area contributed by atoms with Gasteiger partial charge in [0.1, 0.15) is 5.75 Å². The van der Waals surface area contributed by atoms with Crippen molar-refractivity contribution in [3.05, 3.63) is 59.7 Å². The van der Waals surface area contributed by atoms with E-state index in [2.05, 4.69) is 5.32 Å². The smallest absolute Gasteiger partial charge is 0.338 e. The number of urea groups is 1. The maximum atomic E-state index is 13.0. The number of benzene rings is 2. The van der Waals surface area contributed by atoms with Crippen molar-refractivity contribution >= 4 is 27.8 Å². The third-order valence-corrected chi connectivity index (χ3v) is 5.42. The van der Waals surface area contributed by atoms with Crippen LogP contribution in [0.4, 0.5) is 10.5 Å². The van der Waals surface area contributed by atoms with Gasteiger partial charge < -0.3 is 23.9 Å². The Morgan fingerprint density at radius 3 is 2.39 bits per heavy atom. The third kappa shape index (κ3) is 7.76. The number of amides is 2. The summed E-state index contributed by atoms with van der Waals surface area (Å²) in [5.41, 5.74) is 1.76. The molecule has 2 aromatic carbocycles. The van der Waals surface area contributed by atoms with Crippen LogP contribution in [0.25, 0.3) is 0 Å². The zero-order valence-corrected chi connectivity index (χ0v) is 19.5. The molecular formula is C23H28N2O7S. The van der Waals surface area contributed by atoms with Gasteiger partial charge in [0.15, 0.2) is 0 Å². The molecule has 1 N–H and O–H groups in total. The number of nitrogens with zero attached hydrogens (tertiary/aromatic N) is 1. The number of anilines is 1. The number of ether oxygens (including phenoxy) is 2. The molecule has 1 heterocycles. The van der Waals surface area contributed by atoms with E-state index in [0.717, 1.165) is 24.7 Å². The predicted molar refractivity (Wildman–Crippen MR) is 123 cm³/mol. The van der Waals surface area contributed by atoms with Gasteiger partial charge in [-0.05, 0) is 61.7 Å². The first-order valence-electron chi connectivity index (χ1n) is 10.7. The van der Waals surface area contributed by atoms with Gasteiger partial charge in [0.25, 0.3) is 0 Å². The van der Waals surface area contributed by atoms with Crippen LogP contribution < -0.4 is 9.50 Å². The number of rotatable bonds is 9. The molecule has 0 aliphatic carbocycles. The van der Waals surface area contributed by atoms with Gasteiger partial charge in [-0.15, -0.1) is 0 Å². The molecule has 2 amide bonds. The monoisotopic (exact) mass is 476 g/mol. The molecule has 0 radical (unpaired) electrons. The molecule has 0 spiro atoms. The Morgan fingerprint density at radius 2 is 1.82 bits per heavy atom. The number of esters is 1. The molecule has 178 valence electrons. The first-order valence-corrected chi connectivity index (χ1v) is 12.5. The van der Waals surface area contributed by atoms with Crippen molar-refractivity contribution in [2.24, 2.45) is 0 Å². The first-order chi connectivity index (χ1) is 15.7. The van der Waals surface area contributed by atoms with E-state index in [9.17, 15) is 18.0 Å². The molecule has 3 rings (SSSR count). The Balaban J connectivity index is 1.69. The third-order valence-electron chi connectivity index (χ3n) is 4.93. The maximum absolute atomic E-state index is 13.0. The molecule has 1 atom stereocenters. The van der Waals surface area contributed by atoms with Gasteiger partial charge in [-0.25, -0.2) is 9.59 Å². The average Bonchev–Trinajstić information content (AvgIpc) is 3.27. The molecule has 33 heavy (non-hydrogen) atoms. The summed E-state index contributed by atoms with van der Waals surface area (Å²) < 4.78 is 38.1. The van der Waals surface area contributed by atoms with Crippen molar-refractivity contribution in [2.75, 3.05) is 31.3 Å². The lowest BCUT2D eigenvalue weighted by molar-refractivity contribution is 0.0526. The number of carbonyl (C=O) groups is 2. The highest BCUT2D eigenvalue weighted by Gasteiger charge is 2.23. The molecule has 9 nitrogen and oxygen atoms in total. The highest BCUT2D eigenvalue weighted by atomic mass is 32.2. The van der Waals surface area contributed by atoms with E-state index in [0.29, 0.717) is 30.9 Å². The van der Waals surface area contributed by atoms with Gasteiger partial charge in [-0.3, -0.25) is 0 Å². The standard InChI is InChI=1S/C23H28N2O7S/c1-3-30-22(26)18-8-10-19(11-9-18)24-23(27)25(16-21-5-4-14-31-21)15-17-6-12-20(13-7-17)32-33(2,28)29/h6-13,21H,3-5,14-16H2,1-2H3,(H,24,27). The van der Waals surface area contributed by atoms with Crippen molar-refractivity contribution in [3.8, 4) is 5.75 Å². The fourth-order valence-corrected chi connectivity index (χ4v) is 3.87. The zero-order valence-electron chi connectivity index (χ0n) is 18.7. The van der Waals surface area contributed by atoms with Crippen molar-refractivity contribution < 1.29 is 31.7 Å². The van der Waals surface area contributed by atoms with Crippen LogP contribution in [-0.4, -0.2) is 57.4 Å². The number of hydrogen-bond acceptors (Lipinski definition) is 7. The van der Waals surface area contributed by atoms with Crippen molar-refractivity contribution in [1.82, 2.24) is 4.90 Å². The van der Waals surface area contributed by atoms with Crippen LogP contribution >= 0.6 is 0 Å². The topological polar surface area (TPSA) is 111 Å². The summed E-state index contributed by atoms with van der Waals surface area (Å²) in [5, 5.41) is 2.85. The summed E-state index contributed by atoms with van der Waals surface area (Å²) in [7, 11) is -3.61. The normalized spacial score (nSPS) is 15.6. The second kappa shape index (κ2) is 11.2. The number of nitrogens with one attached hydrogen (secondary N) is 1. The molecule has 1 unspecified atom stereocenters. The van der Waals surface area contributed by atoms with Crippen LogP contribution in [-0.2, 0) is 26.1 Å². The summed E-state index contributed by atoms with van der Waals surface area (Å²) >= 11 is 0. The molecule has 1 aliphatic rings. The molecule has 0 aromatic heterocycles. The predicted octanol–water partition coefficient (Wildman–Crippen LogP) is 3.41. The second-order valence-corrected chi connectivity index (χ2v) is 9.25. The molecule has 1 saturated heterocycles. The Hall–Kier alpha value is -3.11. The van der Waals surface area contributed by atoms with Crippen LogP contribution in [0, 0.1) is 0 Å². The number of hydrogen-bond donors (Lipinski definition) is 1. The van der Waals surface area contributed by atoms with E-state index in [1.165, 1.54) is 0 Å². The van der Waals surface area contributed by atoms with E-state index in [4.69, 9.17) is 13.7 Å². The summed E-state index contributed by atoms with van der Waals surface area (Å²) in [6.07, 6.45) is 2.76.